The van der Waals surface area contributed by atoms with E-state index in [-0.39, 0.29) is 19.0 Å². The van der Waals surface area contributed by atoms with Gasteiger partial charge in [0, 0.05) is 31.0 Å². The van der Waals surface area contributed by atoms with Gasteiger partial charge in [-0.05, 0) is 43.2 Å². The second kappa shape index (κ2) is 7.61. The number of anilines is 1. The van der Waals surface area contributed by atoms with Crippen LogP contribution in [0.1, 0.15) is 21.5 Å². The van der Waals surface area contributed by atoms with Gasteiger partial charge in [0.05, 0.1) is 13.7 Å². The number of aryl methyl sites for hydroxylation is 2. The van der Waals surface area contributed by atoms with Crippen LogP contribution in [0.5, 0.6) is 5.75 Å². The molecule has 1 aromatic carbocycles. The Hall–Kier alpha value is -3.16. The third-order valence-electron chi connectivity index (χ3n) is 4.67. The van der Waals surface area contributed by atoms with Crippen molar-refractivity contribution in [3.8, 4) is 5.75 Å². The number of aliphatic carboxylic acids is 1. The monoisotopic (exact) mass is 370 g/mol. The Labute approximate surface area is 157 Å². The van der Waals surface area contributed by atoms with Crippen molar-refractivity contribution in [2.75, 3.05) is 31.6 Å². The number of amides is 1. The van der Waals surface area contributed by atoms with E-state index in [4.69, 9.17) is 4.74 Å². The number of piperazine rings is 1. The Kier molecular flexibility index (Phi) is 5.25. The summed E-state index contributed by atoms with van der Waals surface area (Å²) in [5.41, 5.74) is 2.13. The molecule has 8 nitrogen and oxygen atoms in total. The number of methoxy groups -OCH3 is 1. The zero-order chi connectivity index (χ0) is 19.6. The Morgan fingerprint density at radius 1 is 1.15 bits per heavy atom. The number of aromatic nitrogens is 2. The number of hydrogen-bond donors (Lipinski definition) is 1. The summed E-state index contributed by atoms with van der Waals surface area (Å²) in [6.45, 7) is 4.61. The van der Waals surface area contributed by atoms with E-state index < -0.39 is 12.0 Å². The topological polar surface area (TPSA) is 95.9 Å². The van der Waals surface area contributed by atoms with Gasteiger partial charge in [0.25, 0.3) is 5.91 Å². The molecule has 1 aliphatic heterocycles. The molecule has 1 amide bonds. The average Bonchev–Trinajstić information content (AvgIpc) is 2.67. The van der Waals surface area contributed by atoms with Gasteiger partial charge in [-0.25, -0.2) is 14.8 Å². The molecule has 27 heavy (non-hydrogen) atoms. The van der Waals surface area contributed by atoms with Crippen LogP contribution in [0.2, 0.25) is 0 Å². The fourth-order valence-electron chi connectivity index (χ4n) is 3.44. The number of nitrogens with zero attached hydrogens (tertiary/aromatic N) is 4. The lowest BCUT2D eigenvalue weighted by molar-refractivity contribution is -0.142. The van der Waals surface area contributed by atoms with Crippen LogP contribution in [-0.2, 0) is 4.79 Å². The molecule has 1 aliphatic rings. The first-order chi connectivity index (χ1) is 12.9. The molecule has 0 unspecified atom stereocenters. The van der Waals surface area contributed by atoms with E-state index in [1.165, 1.54) is 4.90 Å². The Morgan fingerprint density at radius 3 is 2.33 bits per heavy atom. The van der Waals surface area contributed by atoms with Gasteiger partial charge in [-0.3, -0.25) is 4.79 Å². The molecule has 1 aromatic heterocycles. The molecule has 0 saturated carbocycles. The average molecular weight is 370 g/mol. The van der Waals surface area contributed by atoms with Crippen LogP contribution < -0.4 is 9.64 Å². The van der Waals surface area contributed by atoms with Gasteiger partial charge in [0.2, 0.25) is 5.95 Å². The molecule has 0 aliphatic carbocycles. The summed E-state index contributed by atoms with van der Waals surface area (Å²) in [4.78, 5) is 36.4. The van der Waals surface area contributed by atoms with E-state index in [9.17, 15) is 14.7 Å². The second-order valence-corrected chi connectivity index (χ2v) is 6.49. The van der Waals surface area contributed by atoms with E-state index in [0.717, 1.165) is 16.9 Å². The maximum atomic E-state index is 13.0. The minimum atomic E-state index is -1.05. The minimum Gasteiger partial charge on any atom is -0.496 e. The van der Waals surface area contributed by atoms with E-state index in [1.807, 2.05) is 13.8 Å². The van der Waals surface area contributed by atoms with E-state index in [1.54, 1.807) is 42.6 Å². The normalized spacial score (nSPS) is 16.9. The van der Waals surface area contributed by atoms with Crippen molar-refractivity contribution in [1.29, 1.82) is 0 Å². The first-order valence-corrected chi connectivity index (χ1v) is 8.63. The lowest BCUT2D eigenvalue weighted by Crippen LogP contribution is -2.58. The van der Waals surface area contributed by atoms with Crippen LogP contribution in [0.4, 0.5) is 5.95 Å². The highest BCUT2D eigenvalue weighted by molar-refractivity contribution is 5.97. The lowest BCUT2D eigenvalue weighted by atomic mass is 10.0. The van der Waals surface area contributed by atoms with Gasteiger partial charge in [-0.2, -0.15) is 0 Å². The summed E-state index contributed by atoms with van der Waals surface area (Å²) in [7, 11) is 1.59. The summed E-state index contributed by atoms with van der Waals surface area (Å²) in [6, 6.07) is 4.20. The minimum absolute atomic E-state index is 0.138. The fourth-order valence-corrected chi connectivity index (χ4v) is 3.44. The molecule has 1 fully saturated rings. The van der Waals surface area contributed by atoms with Crippen LogP contribution in [-0.4, -0.2) is 64.6 Å². The largest absolute Gasteiger partial charge is 0.496 e. The van der Waals surface area contributed by atoms with Gasteiger partial charge in [-0.1, -0.05) is 0 Å². The predicted molar refractivity (Wildman–Crippen MR) is 99.2 cm³/mol. The number of rotatable bonds is 4. The highest BCUT2D eigenvalue weighted by Crippen LogP contribution is 2.26. The molecule has 1 atom stereocenters. The van der Waals surface area contributed by atoms with Crippen molar-refractivity contribution in [1.82, 2.24) is 14.9 Å². The second-order valence-electron chi connectivity index (χ2n) is 6.49. The Balaban J connectivity index is 1.85. The third kappa shape index (κ3) is 3.69. The molecule has 1 saturated heterocycles. The summed E-state index contributed by atoms with van der Waals surface area (Å²) in [6.07, 6.45) is 3.22. The number of carbonyl (C=O) groups is 2. The van der Waals surface area contributed by atoms with Gasteiger partial charge < -0.3 is 19.6 Å². The van der Waals surface area contributed by atoms with Crippen LogP contribution in [0.25, 0.3) is 0 Å². The summed E-state index contributed by atoms with van der Waals surface area (Å²) >= 11 is 0. The van der Waals surface area contributed by atoms with Crippen molar-refractivity contribution in [3.63, 3.8) is 0 Å². The molecule has 3 rings (SSSR count). The molecule has 2 aromatic rings. The number of carboxylic acids is 1. The zero-order valence-corrected chi connectivity index (χ0v) is 15.5. The molecule has 0 radical (unpaired) electrons. The van der Waals surface area contributed by atoms with Crippen molar-refractivity contribution in [3.05, 3.63) is 47.3 Å². The molecular weight excluding hydrogens is 348 g/mol. The number of carboxylic acid groups (broad SMARTS) is 1. The third-order valence-corrected chi connectivity index (χ3v) is 4.67. The SMILES string of the molecule is COc1c(C)cc(C(=O)N2CCN(c3ncccn3)C[C@H]2C(=O)O)cc1C. The van der Waals surface area contributed by atoms with Crippen LogP contribution in [0.15, 0.2) is 30.6 Å². The maximum Gasteiger partial charge on any atom is 0.328 e. The van der Waals surface area contributed by atoms with Gasteiger partial charge in [-0.15, -0.1) is 0 Å². The highest BCUT2D eigenvalue weighted by atomic mass is 16.5. The van der Waals surface area contributed by atoms with Crippen LogP contribution >= 0.6 is 0 Å². The van der Waals surface area contributed by atoms with E-state index >= 15 is 0 Å². The summed E-state index contributed by atoms with van der Waals surface area (Å²) in [5, 5.41) is 9.68. The van der Waals surface area contributed by atoms with E-state index in [2.05, 4.69) is 9.97 Å². The summed E-state index contributed by atoms with van der Waals surface area (Å²) < 4.78 is 5.34. The van der Waals surface area contributed by atoms with Crippen molar-refractivity contribution in [2.24, 2.45) is 0 Å². The number of hydrogen-bond acceptors (Lipinski definition) is 6. The van der Waals surface area contributed by atoms with Gasteiger partial charge in [0.15, 0.2) is 0 Å². The van der Waals surface area contributed by atoms with Crippen molar-refractivity contribution < 1.29 is 19.4 Å². The number of carbonyl (C=O) groups excluding carboxylic acids is 1. The molecule has 0 bridgehead atoms. The zero-order valence-electron chi connectivity index (χ0n) is 15.5. The Bertz CT molecular complexity index is 833. The smallest absolute Gasteiger partial charge is 0.328 e. The maximum absolute atomic E-state index is 13.0. The van der Waals surface area contributed by atoms with E-state index in [0.29, 0.717) is 18.1 Å². The lowest BCUT2D eigenvalue weighted by Gasteiger charge is -2.39. The predicted octanol–water partition coefficient (Wildman–Crippen LogP) is 1.52. The molecule has 142 valence electrons. The molecule has 8 heteroatoms. The first-order valence-electron chi connectivity index (χ1n) is 8.63. The molecular formula is C19H22N4O4. The number of ether oxygens (including phenoxy) is 1. The Morgan fingerprint density at radius 2 is 1.78 bits per heavy atom. The molecule has 1 N–H and O–H groups in total. The van der Waals surface area contributed by atoms with Crippen LogP contribution in [0, 0.1) is 13.8 Å². The molecule has 0 spiro atoms. The molecule has 2 heterocycles. The van der Waals surface area contributed by atoms with Crippen molar-refractivity contribution >= 4 is 17.8 Å². The fraction of sp³-hybridized carbons (Fsp3) is 0.368. The van der Waals surface area contributed by atoms with Gasteiger partial charge in [0.1, 0.15) is 11.8 Å². The summed E-state index contributed by atoms with van der Waals surface area (Å²) in [5.74, 6) is -0.157. The van der Waals surface area contributed by atoms with Crippen LogP contribution in [0.3, 0.4) is 0 Å². The standard InChI is InChI=1S/C19H22N4O4/c1-12-9-14(10-13(2)16(12)27-3)17(24)23-8-7-22(11-15(23)18(25)26)19-20-5-4-6-21-19/h4-6,9-10,15H,7-8,11H2,1-3H3,(H,25,26)/t15-/m0/s1. The first kappa shape index (κ1) is 18.6. The number of benzene rings is 1. The van der Waals surface area contributed by atoms with Gasteiger partial charge >= 0.3 is 5.97 Å². The highest BCUT2D eigenvalue weighted by Gasteiger charge is 2.36. The quantitative estimate of drug-likeness (QED) is 0.872. The van der Waals surface area contributed by atoms with Crippen molar-refractivity contribution in [2.45, 2.75) is 19.9 Å².